The van der Waals surface area contributed by atoms with E-state index in [-0.39, 0.29) is 17.1 Å². The number of nitriles is 1. The van der Waals surface area contributed by atoms with Gasteiger partial charge in [0.2, 0.25) is 0 Å². The number of nitrogens with one attached hydrogen (secondary N) is 1. The average Bonchev–Trinajstić information content (AvgIpc) is 3.04. The minimum Gasteiger partial charge on any atom is -0.330 e. The second kappa shape index (κ2) is 7.16. The van der Waals surface area contributed by atoms with Crippen LogP contribution in [-0.4, -0.2) is 42.1 Å². The standard InChI is InChI=1S/C23H27N5O/c1-17-13-19(14-24)25-15-20(17)28-16-22(26-21(28)29)9-11-23(12-10-22,27(2)3)18-7-5-4-6-8-18/h4-8,13,15H,9-12,16H2,1-3H3,(H,26,29)/t22-,23+. The number of carbonyl (C=O) groups excluding carboxylic acids is 1. The Morgan fingerprint density at radius 3 is 2.45 bits per heavy atom. The fraction of sp³-hybridized carbons (Fsp3) is 0.435. The van der Waals surface area contributed by atoms with Gasteiger partial charge >= 0.3 is 6.03 Å². The van der Waals surface area contributed by atoms with Crippen molar-refractivity contribution in [2.75, 3.05) is 25.5 Å². The molecule has 2 fully saturated rings. The maximum absolute atomic E-state index is 12.8. The van der Waals surface area contributed by atoms with Crippen LogP contribution in [0.4, 0.5) is 10.5 Å². The van der Waals surface area contributed by atoms with E-state index in [0.29, 0.717) is 12.2 Å². The molecule has 0 radical (unpaired) electrons. The van der Waals surface area contributed by atoms with Crippen molar-refractivity contribution >= 4 is 11.7 Å². The summed E-state index contributed by atoms with van der Waals surface area (Å²) in [5.41, 5.74) is 3.17. The first-order valence-electron chi connectivity index (χ1n) is 10.1. The summed E-state index contributed by atoms with van der Waals surface area (Å²) in [6.45, 7) is 2.56. The first-order chi connectivity index (χ1) is 13.9. The molecule has 0 atom stereocenters. The first kappa shape index (κ1) is 19.4. The van der Waals surface area contributed by atoms with Crippen molar-refractivity contribution in [1.82, 2.24) is 15.2 Å². The van der Waals surface area contributed by atoms with Crippen LogP contribution in [0.1, 0.15) is 42.5 Å². The molecule has 29 heavy (non-hydrogen) atoms. The second-order valence-electron chi connectivity index (χ2n) is 8.56. The number of urea groups is 1. The molecule has 2 amide bonds. The lowest BCUT2D eigenvalue weighted by Gasteiger charge is -2.48. The fourth-order valence-electron chi connectivity index (χ4n) is 4.96. The molecule has 1 aromatic heterocycles. The van der Waals surface area contributed by atoms with Crippen molar-refractivity contribution in [3.05, 3.63) is 59.4 Å². The minimum atomic E-state index is -0.217. The molecule has 2 heterocycles. The molecule has 1 N–H and O–H groups in total. The molecule has 1 aliphatic heterocycles. The summed E-state index contributed by atoms with van der Waals surface area (Å²) in [6, 6.07) is 14.4. The fourth-order valence-corrected chi connectivity index (χ4v) is 4.96. The van der Waals surface area contributed by atoms with Crippen molar-refractivity contribution in [3.63, 3.8) is 0 Å². The number of rotatable bonds is 3. The molecule has 2 aliphatic rings. The molecule has 2 aromatic rings. The Balaban J connectivity index is 1.56. The van der Waals surface area contributed by atoms with Gasteiger partial charge in [0.15, 0.2) is 0 Å². The normalized spacial score (nSPS) is 26.6. The monoisotopic (exact) mass is 389 g/mol. The molecule has 1 aliphatic carbocycles. The van der Waals surface area contributed by atoms with Gasteiger partial charge in [0, 0.05) is 5.54 Å². The first-order valence-corrected chi connectivity index (χ1v) is 10.1. The molecule has 4 rings (SSSR count). The molecule has 1 saturated heterocycles. The van der Waals surface area contributed by atoms with Crippen molar-refractivity contribution < 1.29 is 4.79 Å². The number of pyridine rings is 1. The predicted octanol–water partition coefficient (Wildman–Crippen LogP) is 3.56. The SMILES string of the molecule is Cc1cc(C#N)ncc1N1C[C@]2(CC[C@](c3ccccc3)(N(C)C)CC2)NC1=O. The number of nitrogens with zero attached hydrogens (tertiary/aromatic N) is 4. The number of anilines is 1. The second-order valence-corrected chi connectivity index (χ2v) is 8.56. The number of aromatic nitrogens is 1. The van der Waals surface area contributed by atoms with Gasteiger partial charge in [-0.1, -0.05) is 30.3 Å². The maximum Gasteiger partial charge on any atom is 0.322 e. The van der Waals surface area contributed by atoms with Gasteiger partial charge in [0.1, 0.15) is 11.8 Å². The Labute approximate surface area is 172 Å². The largest absolute Gasteiger partial charge is 0.330 e. The molecule has 1 aromatic carbocycles. The molecular weight excluding hydrogens is 362 g/mol. The van der Waals surface area contributed by atoms with Crippen molar-refractivity contribution in [3.8, 4) is 6.07 Å². The Morgan fingerprint density at radius 2 is 1.86 bits per heavy atom. The van der Waals surface area contributed by atoms with Gasteiger partial charge < -0.3 is 5.32 Å². The minimum absolute atomic E-state index is 0.00340. The zero-order valence-electron chi connectivity index (χ0n) is 17.3. The van der Waals surface area contributed by atoms with Crippen LogP contribution in [0.3, 0.4) is 0 Å². The summed E-state index contributed by atoms with van der Waals surface area (Å²) in [7, 11) is 4.30. The lowest BCUT2D eigenvalue weighted by atomic mass is 9.69. The summed E-state index contributed by atoms with van der Waals surface area (Å²) in [5.74, 6) is 0. The quantitative estimate of drug-likeness (QED) is 0.871. The molecule has 0 bridgehead atoms. The summed E-state index contributed by atoms with van der Waals surface area (Å²) in [6.07, 6.45) is 5.46. The van der Waals surface area contributed by atoms with Crippen molar-refractivity contribution in [1.29, 1.82) is 5.26 Å². The van der Waals surface area contributed by atoms with Crippen LogP contribution in [0.2, 0.25) is 0 Å². The number of amides is 2. The number of hydrogen-bond donors (Lipinski definition) is 1. The van der Waals surface area contributed by atoms with Crippen LogP contribution < -0.4 is 10.2 Å². The van der Waals surface area contributed by atoms with Crippen LogP contribution in [0.25, 0.3) is 0 Å². The van der Waals surface area contributed by atoms with Gasteiger partial charge in [0.25, 0.3) is 0 Å². The highest BCUT2D eigenvalue weighted by Gasteiger charge is 2.50. The Bertz CT molecular complexity index is 955. The van der Waals surface area contributed by atoms with Crippen LogP contribution in [0, 0.1) is 18.3 Å². The maximum atomic E-state index is 12.8. The third kappa shape index (κ3) is 3.26. The molecule has 150 valence electrons. The zero-order valence-corrected chi connectivity index (χ0v) is 17.3. The predicted molar refractivity (Wildman–Crippen MR) is 113 cm³/mol. The average molecular weight is 390 g/mol. The molecule has 0 unspecified atom stereocenters. The molecule has 6 nitrogen and oxygen atoms in total. The number of aryl methyl sites for hydroxylation is 1. The molecule has 1 saturated carbocycles. The van der Waals surface area contributed by atoms with Crippen LogP contribution in [-0.2, 0) is 5.54 Å². The van der Waals surface area contributed by atoms with E-state index in [1.54, 1.807) is 17.2 Å². The number of hydrogen-bond acceptors (Lipinski definition) is 4. The van der Waals surface area contributed by atoms with E-state index in [9.17, 15) is 4.79 Å². The summed E-state index contributed by atoms with van der Waals surface area (Å²) < 4.78 is 0. The third-order valence-electron chi connectivity index (χ3n) is 6.77. The lowest BCUT2D eigenvalue weighted by Crippen LogP contribution is -2.54. The lowest BCUT2D eigenvalue weighted by molar-refractivity contribution is 0.0658. The highest BCUT2D eigenvalue weighted by atomic mass is 16.2. The number of carbonyl (C=O) groups is 1. The van der Waals surface area contributed by atoms with E-state index < -0.39 is 0 Å². The summed E-state index contributed by atoms with van der Waals surface area (Å²) >= 11 is 0. The molecule has 1 spiro atoms. The van der Waals surface area contributed by atoms with E-state index in [1.165, 1.54) is 5.56 Å². The van der Waals surface area contributed by atoms with Gasteiger partial charge in [-0.3, -0.25) is 9.80 Å². The number of benzene rings is 1. The highest BCUT2D eigenvalue weighted by Crippen LogP contribution is 2.46. The Kier molecular flexibility index (Phi) is 4.79. The molecule has 6 heteroatoms. The van der Waals surface area contributed by atoms with Crippen LogP contribution in [0.15, 0.2) is 42.6 Å². The van der Waals surface area contributed by atoms with E-state index in [0.717, 1.165) is 36.9 Å². The topological polar surface area (TPSA) is 72.3 Å². The van der Waals surface area contributed by atoms with Gasteiger partial charge in [-0.15, -0.1) is 0 Å². The van der Waals surface area contributed by atoms with Gasteiger partial charge in [-0.05, 0) is 63.9 Å². The van der Waals surface area contributed by atoms with Crippen LogP contribution >= 0.6 is 0 Å². The highest BCUT2D eigenvalue weighted by molar-refractivity contribution is 5.96. The van der Waals surface area contributed by atoms with E-state index in [2.05, 4.69) is 65.7 Å². The van der Waals surface area contributed by atoms with E-state index >= 15 is 0 Å². The Hall–Kier alpha value is -2.91. The van der Waals surface area contributed by atoms with E-state index in [1.807, 2.05) is 6.92 Å². The summed E-state index contributed by atoms with van der Waals surface area (Å²) in [4.78, 5) is 21.1. The van der Waals surface area contributed by atoms with Crippen LogP contribution in [0.5, 0.6) is 0 Å². The third-order valence-corrected chi connectivity index (χ3v) is 6.77. The zero-order chi connectivity index (χ0) is 20.6. The van der Waals surface area contributed by atoms with Gasteiger partial charge in [-0.25, -0.2) is 9.78 Å². The molecular formula is C23H27N5O. The Morgan fingerprint density at radius 1 is 1.17 bits per heavy atom. The van der Waals surface area contributed by atoms with Crippen molar-refractivity contribution in [2.45, 2.75) is 43.7 Å². The smallest absolute Gasteiger partial charge is 0.322 e. The van der Waals surface area contributed by atoms with E-state index in [4.69, 9.17) is 5.26 Å². The van der Waals surface area contributed by atoms with Crippen molar-refractivity contribution in [2.24, 2.45) is 0 Å². The summed E-state index contributed by atoms with van der Waals surface area (Å²) in [5, 5.41) is 12.3. The van der Waals surface area contributed by atoms with Gasteiger partial charge in [-0.2, -0.15) is 5.26 Å². The van der Waals surface area contributed by atoms with Gasteiger partial charge in [0.05, 0.1) is 24.0 Å².